The Bertz CT molecular complexity index is 1220. The summed E-state index contributed by atoms with van der Waals surface area (Å²) in [6.07, 6.45) is 7.35. The third kappa shape index (κ3) is 6.90. The Morgan fingerprint density at radius 1 is 1.11 bits per heavy atom. The van der Waals surface area contributed by atoms with Crippen molar-refractivity contribution in [3.8, 4) is 10.6 Å². The second-order valence-corrected chi connectivity index (χ2v) is 11.6. The highest BCUT2D eigenvalue weighted by Gasteiger charge is 2.20. The first-order valence-electron chi connectivity index (χ1n) is 12.1. The maximum atomic E-state index is 12.1. The van der Waals surface area contributed by atoms with Gasteiger partial charge in [-0.25, -0.2) is 4.99 Å². The van der Waals surface area contributed by atoms with Gasteiger partial charge in [0.15, 0.2) is 0 Å². The molecule has 4 rings (SSSR count). The molecule has 0 fully saturated rings. The highest BCUT2D eigenvalue weighted by atomic mass is 32.1. The molecule has 4 heterocycles. The van der Waals surface area contributed by atoms with E-state index in [9.17, 15) is 4.79 Å². The van der Waals surface area contributed by atoms with Gasteiger partial charge >= 0.3 is 5.97 Å². The van der Waals surface area contributed by atoms with Crippen molar-refractivity contribution in [1.82, 2.24) is 4.98 Å². The average Bonchev–Trinajstić information content (AvgIpc) is 3.59. The third-order valence-corrected chi connectivity index (χ3v) is 7.63. The topological polar surface area (TPSA) is 54.4 Å². The zero-order valence-electron chi connectivity index (χ0n) is 21.0. The number of quaternary nitrogens is 1. The van der Waals surface area contributed by atoms with Gasteiger partial charge in [-0.3, -0.25) is 4.79 Å². The lowest BCUT2D eigenvalue weighted by Crippen LogP contribution is -2.35. The SMILES string of the molecule is CCOC(=O)CCC1=CC(c2cccs2)=NC1=Cc1[nH]c(-c2cccs2)cc1CCC[N+](C)(C)C. The summed E-state index contributed by atoms with van der Waals surface area (Å²) in [6.45, 7) is 3.36. The molecule has 35 heavy (non-hydrogen) atoms. The number of nitrogens with zero attached hydrogens (tertiary/aromatic N) is 2. The van der Waals surface area contributed by atoms with E-state index in [1.54, 1.807) is 22.7 Å². The smallest absolute Gasteiger partial charge is 0.306 e. The molecular formula is C28H34N3O2S2+. The number of rotatable bonds is 11. The maximum absolute atomic E-state index is 12.1. The summed E-state index contributed by atoms with van der Waals surface area (Å²) < 4.78 is 6.11. The number of hydrogen-bond acceptors (Lipinski definition) is 5. The van der Waals surface area contributed by atoms with Gasteiger partial charge in [-0.05, 0) is 72.0 Å². The van der Waals surface area contributed by atoms with Crippen LogP contribution in [-0.2, 0) is 16.0 Å². The molecule has 0 aliphatic carbocycles. The van der Waals surface area contributed by atoms with Crippen LogP contribution >= 0.6 is 22.7 Å². The molecule has 0 radical (unpaired) electrons. The number of aryl methyl sites for hydroxylation is 1. The standard InChI is InChI=1S/C28H34N3O2S2/c1-5-33-28(32)13-12-21-18-25(27-11-8-16-35-27)30-23(21)19-22-20(9-6-14-31(2,3)4)17-24(29-22)26-10-7-15-34-26/h7-8,10-11,15-19,29H,5-6,9,12-14H2,1-4H3/q+1. The first kappa shape index (κ1) is 25.4. The number of carbonyl (C=O) groups is 1. The van der Waals surface area contributed by atoms with E-state index in [0.29, 0.717) is 19.4 Å². The highest BCUT2D eigenvalue weighted by molar-refractivity contribution is 7.13. The van der Waals surface area contributed by atoms with Gasteiger partial charge in [0, 0.05) is 18.5 Å². The molecule has 0 aromatic carbocycles. The molecule has 0 amide bonds. The van der Waals surface area contributed by atoms with Crippen molar-refractivity contribution in [2.75, 3.05) is 34.3 Å². The maximum Gasteiger partial charge on any atom is 0.306 e. The minimum absolute atomic E-state index is 0.168. The van der Waals surface area contributed by atoms with E-state index in [2.05, 4.69) is 73.3 Å². The molecule has 1 aliphatic rings. The first-order valence-corrected chi connectivity index (χ1v) is 13.9. The predicted molar refractivity (Wildman–Crippen MR) is 148 cm³/mol. The molecule has 3 aromatic heterocycles. The van der Waals surface area contributed by atoms with Crippen molar-refractivity contribution < 1.29 is 14.0 Å². The molecule has 1 N–H and O–H groups in total. The van der Waals surface area contributed by atoms with Crippen molar-refractivity contribution >= 4 is 40.4 Å². The Labute approximate surface area is 216 Å². The number of esters is 1. The number of nitrogens with one attached hydrogen (secondary N) is 1. The van der Waals surface area contributed by atoms with Crippen LogP contribution in [0.2, 0.25) is 0 Å². The predicted octanol–water partition coefficient (Wildman–Crippen LogP) is 6.56. The molecule has 5 nitrogen and oxygen atoms in total. The summed E-state index contributed by atoms with van der Waals surface area (Å²) >= 11 is 3.42. The Balaban J connectivity index is 1.65. The zero-order valence-corrected chi connectivity index (χ0v) is 22.6. The zero-order chi connectivity index (χ0) is 24.8. The molecule has 0 bridgehead atoms. The number of carbonyl (C=O) groups excluding carboxylic acids is 1. The first-order chi connectivity index (χ1) is 16.8. The van der Waals surface area contributed by atoms with E-state index in [4.69, 9.17) is 9.73 Å². The minimum Gasteiger partial charge on any atom is -0.466 e. The Morgan fingerprint density at radius 3 is 2.51 bits per heavy atom. The molecule has 1 aliphatic heterocycles. The average molecular weight is 509 g/mol. The van der Waals surface area contributed by atoms with Crippen LogP contribution in [0.15, 0.2) is 63.4 Å². The number of hydrogen-bond donors (Lipinski definition) is 1. The van der Waals surface area contributed by atoms with Crippen LogP contribution in [0.5, 0.6) is 0 Å². The van der Waals surface area contributed by atoms with Crippen LogP contribution in [0.25, 0.3) is 16.6 Å². The summed E-state index contributed by atoms with van der Waals surface area (Å²) in [4.78, 5) is 23.1. The summed E-state index contributed by atoms with van der Waals surface area (Å²) in [5, 5.41) is 4.17. The van der Waals surface area contributed by atoms with E-state index < -0.39 is 0 Å². The molecule has 0 atom stereocenters. The monoisotopic (exact) mass is 508 g/mol. The molecule has 0 spiro atoms. The van der Waals surface area contributed by atoms with Gasteiger partial charge in [-0.1, -0.05) is 12.1 Å². The second kappa shape index (κ2) is 11.3. The van der Waals surface area contributed by atoms with Crippen molar-refractivity contribution in [3.63, 3.8) is 0 Å². The van der Waals surface area contributed by atoms with Crippen LogP contribution in [0, 0.1) is 0 Å². The van der Waals surface area contributed by atoms with Gasteiger partial charge in [0.05, 0.1) is 61.2 Å². The van der Waals surface area contributed by atoms with Crippen molar-refractivity contribution in [2.45, 2.75) is 32.6 Å². The van der Waals surface area contributed by atoms with E-state index in [0.717, 1.165) is 57.1 Å². The fourth-order valence-corrected chi connectivity index (χ4v) is 5.50. The number of allylic oxidation sites excluding steroid dienone is 2. The van der Waals surface area contributed by atoms with Crippen molar-refractivity contribution in [1.29, 1.82) is 0 Å². The fourth-order valence-electron chi connectivity index (χ4n) is 4.11. The van der Waals surface area contributed by atoms with Crippen LogP contribution in [0.4, 0.5) is 0 Å². The number of aromatic amines is 1. The van der Waals surface area contributed by atoms with Gasteiger partial charge < -0.3 is 14.2 Å². The number of aliphatic imine (C=N–C) groups is 1. The largest absolute Gasteiger partial charge is 0.466 e. The highest BCUT2D eigenvalue weighted by Crippen LogP contribution is 2.32. The Morgan fingerprint density at radius 2 is 1.86 bits per heavy atom. The number of H-pyrrole nitrogens is 1. The van der Waals surface area contributed by atoms with Crippen LogP contribution in [0.1, 0.15) is 42.3 Å². The normalized spacial score (nSPS) is 14.9. The molecule has 3 aromatic rings. The fraction of sp³-hybridized carbons (Fsp3) is 0.357. The van der Waals surface area contributed by atoms with Gasteiger partial charge in [0.2, 0.25) is 0 Å². The third-order valence-electron chi connectivity index (χ3n) is 5.83. The summed E-state index contributed by atoms with van der Waals surface area (Å²) in [7, 11) is 6.70. The van der Waals surface area contributed by atoms with Gasteiger partial charge in [-0.2, -0.15) is 0 Å². The van der Waals surface area contributed by atoms with Gasteiger partial charge in [-0.15, -0.1) is 22.7 Å². The second-order valence-electron chi connectivity index (χ2n) is 9.70. The summed E-state index contributed by atoms with van der Waals surface area (Å²) in [6, 6.07) is 10.7. The lowest BCUT2D eigenvalue weighted by atomic mass is 10.0. The number of aromatic nitrogens is 1. The summed E-state index contributed by atoms with van der Waals surface area (Å²) in [5.41, 5.74) is 6.50. The molecule has 0 saturated carbocycles. The van der Waals surface area contributed by atoms with E-state index in [1.807, 2.05) is 13.0 Å². The Hall–Kier alpha value is -2.74. The van der Waals surface area contributed by atoms with Crippen LogP contribution in [-0.4, -0.2) is 55.4 Å². The van der Waals surface area contributed by atoms with E-state index >= 15 is 0 Å². The molecular weight excluding hydrogens is 474 g/mol. The van der Waals surface area contributed by atoms with Crippen molar-refractivity contribution in [3.05, 3.63) is 74.6 Å². The molecule has 0 unspecified atom stereocenters. The lowest BCUT2D eigenvalue weighted by molar-refractivity contribution is -0.870. The van der Waals surface area contributed by atoms with Gasteiger partial charge in [0.25, 0.3) is 0 Å². The van der Waals surface area contributed by atoms with Crippen LogP contribution < -0.4 is 0 Å². The van der Waals surface area contributed by atoms with Crippen molar-refractivity contribution in [2.24, 2.45) is 4.99 Å². The summed E-state index contributed by atoms with van der Waals surface area (Å²) in [5.74, 6) is -0.168. The molecule has 184 valence electrons. The quantitative estimate of drug-likeness (QED) is 0.236. The number of ether oxygens (including phenoxy) is 1. The molecule has 7 heteroatoms. The van der Waals surface area contributed by atoms with E-state index in [-0.39, 0.29) is 5.97 Å². The van der Waals surface area contributed by atoms with E-state index in [1.165, 1.54) is 10.4 Å². The van der Waals surface area contributed by atoms with Gasteiger partial charge in [0.1, 0.15) is 0 Å². The lowest BCUT2D eigenvalue weighted by Gasteiger charge is -2.23. The number of thiophene rings is 2. The minimum atomic E-state index is -0.168. The molecule has 0 saturated heterocycles. The van der Waals surface area contributed by atoms with Crippen LogP contribution in [0.3, 0.4) is 0 Å². The Kier molecular flexibility index (Phi) is 8.21.